The molecule has 24 heavy (non-hydrogen) atoms. The molecule has 6 heteroatoms. The number of carbonyl (C=O) groups excluding carboxylic acids is 1. The molecule has 0 unspecified atom stereocenters. The van der Waals surface area contributed by atoms with Crippen molar-refractivity contribution in [2.45, 2.75) is 13.8 Å². The van der Waals surface area contributed by atoms with E-state index in [-0.39, 0.29) is 11.5 Å². The molecule has 1 amide bonds. The van der Waals surface area contributed by atoms with E-state index in [9.17, 15) is 9.59 Å². The van der Waals surface area contributed by atoms with Crippen molar-refractivity contribution >= 4 is 22.6 Å². The SMILES string of the molecule is CCN1CCN(CC(=O)Nc2ccc3c(C)cc(=O)oc3c2)CC1. The molecule has 1 aromatic carbocycles. The van der Waals surface area contributed by atoms with E-state index < -0.39 is 0 Å². The van der Waals surface area contributed by atoms with E-state index in [4.69, 9.17) is 4.42 Å². The number of hydrogen-bond acceptors (Lipinski definition) is 5. The Morgan fingerprint density at radius 3 is 2.58 bits per heavy atom. The van der Waals surface area contributed by atoms with Crippen LogP contribution in [0.15, 0.2) is 33.5 Å². The van der Waals surface area contributed by atoms with E-state index in [2.05, 4.69) is 22.0 Å². The summed E-state index contributed by atoms with van der Waals surface area (Å²) >= 11 is 0. The first-order valence-electron chi connectivity index (χ1n) is 8.34. The van der Waals surface area contributed by atoms with Gasteiger partial charge >= 0.3 is 5.63 Å². The molecule has 1 aliphatic heterocycles. The Kier molecular flexibility index (Phi) is 4.97. The van der Waals surface area contributed by atoms with Crippen molar-refractivity contribution in [3.63, 3.8) is 0 Å². The summed E-state index contributed by atoms with van der Waals surface area (Å²) in [5.74, 6) is -0.0469. The van der Waals surface area contributed by atoms with E-state index in [0.29, 0.717) is 17.8 Å². The van der Waals surface area contributed by atoms with Gasteiger partial charge in [0, 0.05) is 49.4 Å². The standard InChI is InChI=1S/C18H23N3O3/c1-3-20-6-8-21(9-7-20)12-17(22)19-14-4-5-15-13(2)10-18(23)24-16(15)11-14/h4-5,10-11H,3,6-9,12H2,1-2H3,(H,19,22). The largest absolute Gasteiger partial charge is 0.423 e. The summed E-state index contributed by atoms with van der Waals surface area (Å²) in [7, 11) is 0. The fourth-order valence-electron chi connectivity index (χ4n) is 3.07. The van der Waals surface area contributed by atoms with Crippen LogP contribution >= 0.6 is 0 Å². The Bertz CT molecular complexity index is 792. The van der Waals surface area contributed by atoms with Crippen LogP contribution in [0.25, 0.3) is 11.0 Å². The lowest BCUT2D eigenvalue weighted by atomic mass is 10.1. The molecule has 1 aromatic heterocycles. The van der Waals surface area contributed by atoms with Crippen LogP contribution in [0.5, 0.6) is 0 Å². The second kappa shape index (κ2) is 7.15. The fraction of sp³-hybridized carbons (Fsp3) is 0.444. The second-order valence-corrected chi connectivity index (χ2v) is 6.22. The van der Waals surface area contributed by atoms with E-state index in [1.165, 1.54) is 6.07 Å². The summed E-state index contributed by atoms with van der Waals surface area (Å²) in [6.07, 6.45) is 0. The lowest BCUT2D eigenvalue weighted by molar-refractivity contribution is -0.117. The molecule has 1 fully saturated rings. The van der Waals surface area contributed by atoms with Gasteiger partial charge in [0.15, 0.2) is 0 Å². The third-order valence-electron chi connectivity index (χ3n) is 4.51. The van der Waals surface area contributed by atoms with Gasteiger partial charge in [0.05, 0.1) is 6.54 Å². The predicted octanol–water partition coefficient (Wildman–Crippen LogP) is 1.68. The molecule has 3 rings (SSSR count). The van der Waals surface area contributed by atoms with E-state index in [0.717, 1.165) is 43.7 Å². The third-order valence-corrected chi connectivity index (χ3v) is 4.51. The molecule has 0 atom stereocenters. The van der Waals surface area contributed by atoms with Crippen LogP contribution in [0.3, 0.4) is 0 Å². The number of anilines is 1. The number of rotatable bonds is 4. The molecule has 2 heterocycles. The van der Waals surface area contributed by atoms with Gasteiger partial charge in [0.2, 0.25) is 5.91 Å². The Labute approximate surface area is 141 Å². The zero-order valence-electron chi connectivity index (χ0n) is 14.2. The zero-order valence-corrected chi connectivity index (χ0v) is 14.2. The average molecular weight is 329 g/mol. The maximum Gasteiger partial charge on any atom is 0.336 e. The number of amides is 1. The molecule has 2 aromatic rings. The fourth-order valence-corrected chi connectivity index (χ4v) is 3.07. The Balaban J connectivity index is 1.64. The third kappa shape index (κ3) is 3.83. The first kappa shape index (κ1) is 16.7. The van der Waals surface area contributed by atoms with Gasteiger partial charge < -0.3 is 14.6 Å². The van der Waals surface area contributed by atoms with Crippen molar-refractivity contribution in [3.05, 3.63) is 40.2 Å². The summed E-state index contributed by atoms with van der Waals surface area (Å²) < 4.78 is 5.22. The van der Waals surface area contributed by atoms with Crippen molar-refractivity contribution in [2.24, 2.45) is 0 Å². The Hall–Kier alpha value is -2.18. The average Bonchev–Trinajstić information content (AvgIpc) is 2.55. The summed E-state index contributed by atoms with van der Waals surface area (Å²) in [6.45, 7) is 9.29. The van der Waals surface area contributed by atoms with Gasteiger partial charge in [0.1, 0.15) is 5.58 Å². The van der Waals surface area contributed by atoms with E-state index >= 15 is 0 Å². The Morgan fingerprint density at radius 2 is 1.88 bits per heavy atom. The Morgan fingerprint density at radius 1 is 1.17 bits per heavy atom. The highest BCUT2D eigenvalue weighted by atomic mass is 16.4. The molecule has 1 N–H and O–H groups in total. The van der Waals surface area contributed by atoms with Crippen LogP contribution in [-0.2, 0) is 4.79 Å². The highest BCUT2D eigenvalue weighted by Gasteiger charge is 2.17. The van der Waals surface area contributed by atoms with Crippen LogP contribution in [-0.4, -0.2) is 55.0 Å². The molecule has 0 aliphatic carbocycles. The number of benzene rings is 1. The number of aryl methyl sites for hydroxylation is 1. The van der Waals surface area contributed by atoms with Gasteiger partial charge in [-0.1, -0.05) is 6.92 Å². The van der Waals surface area contributed by atoms with E-state index in [1.807, 2.05) is 19.1 Å². The number of likely N-dealkylation sites (N-methyl/N-ethyl adjacent to an activating group) is 1. The van der Waals surface area contributed by atoms with Gasteiger partial charge in [-0.25, -0.2) is 4.79 Å². The highest BCUT2D eigenvalue weighted by Crippen LogP contribution is 2.20. The number of hydrogen-bond donors (Lipinski definition) is 1. The molecule has 128 valence electrons. The number of fused-ring (bicyclic) bond motifs is 1. The maximum atomic E-state index is 12.2. The summed E-state index contributed by atoms with van der Waals surface area (Å²) in [5, 5.41) is 3.77. The number of carbonyl (C=O) groups is 1. The summed E-state index contributed by atoms with van der Waals surface area (Å²) in [4.78, 5) is 28.3. The zero-order chi connectivity index (χ0) is 17.1. The normalized spacial score (nSPS) is 16.4. The van der Waals surface area contributed by atoms with Gasteiger partial charge in [-0.05, 0) is 31.2 Å². The first-order chi connectivity index (χ1) is 11.5. The lowest BCUT2D eigenvalue weighted by Gasteiger charge is -2.33. The van der Waals surface area contributed by atoms with Gasteiger partial charge in [-0.15, -0.1) is 0 Å². The quantitative estimate of drug-likeness (QED) is 0.865. The van der Waals surface area contributed by atoms with Gasteiger partial charge in [-0.2, -0.15) is 0 Å². The molecule has 0 radical (unpaired) electrons. The van der Waals surface area contributed by atoms with Crippen molar-refractivity contribution in [2.75, 3.05) is 44.6 Å². The van der Waals surface area contributed by atoms with Crippen LogP contribution < -0.4 is 10.9 Å². The monoisotopic (exact) mass is 329 g/mol. The van der Waals surface area contributed by atoms with Crippen molar-refractivity contribution in [1.29, 1.82) is 0 Å². The molecule has 0 bridgehead atoms. The summed E-state index contributed by atoms with van der Waals surface area (Å²) in [6, 6.07) is 6.87. The molecular weight excluding hydrogens is 306 g/mol. The highest BCUT2D eigenvalue weighted by molar-refractivity contribution is 5.94. The van der Waals surface area contributed by atoms with E-state index in [1.54, 1.807) is 6.07 Å². The molecule has 0 saturated carbocycles. The lowest BCUT2D eigenvalue weighted by Crippen LogP contribution is -2.48. The molecule has 0 spiro atoms. The van der Waals surface area contributed by atoms with Crippen LogP contribution in [0.2, 0.25) is 0 Å². The minimum Gasteiger partial charge on any atom is -0.423 e. The smallest absolute Gasteiger partial charge is 0.336 e. The minimum absolute atomic E-state index is 0.0469. The van der Waals surface area contributed by atoms with Crippen LogP contribution in [0.4, 0.5) is 5.69 Å². The number of piperazine rings is 1. The number of nitrogens with one attached hydrogen (secondary N) is 1. The molecule has 6 nitrogen and oxygen atoms in total. The van der Waals surface area contributed by atoms with Crippen molar-refractivity contribution in [1.82, 2.24) is 9.80 Å². The van der Waals surface area contributed by atoms with Crippen molar-refractivity contribution in [3.8, 4) is 0 Å². The second-order valence-electron chi connectivity index (χ2n) is 6.22. The number of nitrogens with zero attached hydrogens (tertiary/aromatic N) is 2. The van der Waals surface area contributed by atoms with Crippen LogP contribution in [0.1, 0.15) is 12.5 Å². The molecular formula is C18H23N3O3. The molecule has 1 aliphatic rings. The van der Waals surface area contributed by atoms with Gasteiger partial charge in [-0.3, -0.25) is 9.69 Å². The minimum atomic E-state index is -0.378. The van der Waals surface area contributed by atoms with Gasteiger partial charge in [0.25, 0.3) is 0 Å². The summed E-state index contributed by atoms with van der Waals surface area (Å²) in [5.41, 5.74) is 1.63. The predicted molar refractivity (Wildman–Crippen MR) is 94.4 cm³/mol. The first-order valence-corrected chi connectivity index (χ1v) is 8.34. The van der Waals surface area contributed by atoms with Crippen LogP contribution in [0, 0.1) is 6.92 Å². The van der Waals surface area contributed by atoms with Crippen molar-refractivity contribution < 1.29 is 9.21 Å². The molecule has 1 saturated heterocycles. The topological polar surface area (TPSA) is 65.8 Å². The maximum absolute atomic E-state index is 12.2.